The maximum atomic E-state index is 6.06. The first-order valence-corrected chi connectivity index (χ1v) is 5.37. The van der Waals surface area contributed by atoms with E-state index in [4.69, 9.17) is 5.73 Å². The molecule has 0 radical (unpaired) electrons. The monoisotopic (exact) mass is 227 g/mol. The molecule has 0 aliphatic rings. The predicted octanol–water partition coefficient (Wildman–Crippen LogP) is 3.89. The highest BCUT2D eigenvalue weighted by atomic mass is 35.5. The molecule has 2 heteroatoms. The zero-order chi connectivity index (χ0) is 10.7. The van der Waals surface area contributed by atoms with E-state index in [-0.39, 0.29) is 18.4 Å². The van der Waals surface area contributed by atoms with E-state index in [1.165, 1.54) is 11.1 Å². The van der Waals surface area contributed by atoms with Gasteiger partial charge >= 0.3 is 0 Å². The van der Waals surface area contributed by atoms with Gasteiger partial charge in [-0.05, 0) is 23.0 Å². The van der Waals surface area contributed by atoms with Crippen molar-refractivity contribution in [2.75, 3.05) is 0 Å². The van der Waals surface area contributed by atoms with Gasteiger partial charge in [0.05, 0.1) is 0 Å². The molecule has 0 aromatic heterocycles. The quantitative estimate of drug-likeness (QED) is 0.833. The molecule has 1 nitrogen and oxygen atoms in total. The van der Waals surface area contributed by atoms with Crippen LogP contribution < -0.4 is 5.73 Å². The first-order valence-electron chi connectivity index (χ1n) is 5.37. The summed E-state index contributed by atoms with van der Waals surface area (Å²) >= 11 is 0. The molecule has 2 N–H and O–H groups in total. The Bertz CT molecular complexity index is 277. The Hall–Kier alpha value is -0.530. The van der Waals surface area contributed by atoms with Crippen molar-refractivity contribution in [3.63, 3.8) is 0 Å². The van der Waals surface area contributed by atoms with Crippen LogP contribution in [0.2, 0.25) is 0 Å². The van der Waals surface area contributed by atoms with E-state index in [9.17, 15) is 0 Å². The highest BCUT2D eigenvalue weighted by Crippen LogP contribution is 2.21. The molecule has 0 saturated carbocycles. The average molecular weight is 228 g/mol. The lowest BCUT2D eigenvalue weighted by Gasteiger charge is -2.16. The predicted molar refractivity (Wildman–Crippen MR) is 69.5 cm³/mol. The molecule has 1 aromatic carbocycles. The smallest absolute Gasteiger partial charge is 0.0318 e. The minimum atomic E-state index is 0. The Morgan fingerprint density at radius 1 is 0.867 bits per heavy atom. The van der Waals surface area contributed by atoms with Crippen LogP contribution in [0, 0.1) is 5.92 Å². The second-order valence-corrected chi connectivity index (χ2v) is 4.59. The molecule has 0 spiro atoms. The summed E-state index contributed by atoms with van der Waals surface area (Å²) in [5.74, 6) is 1.10. The lowest BCUT2D eigenvalue weighted by molar-refractivity contribution is 0.514. The summed E-state index contributed by atoms with van der Waals surface area (Å²) in [5, 5.41) is 0. The zero-order valence-electron chi connectivity index (χ0n) is 10.0. The van der Waals surface area contributed by atoms with Crippen LogP contribution in [0.4, 0.5) is 0 Å². The van der Waals surface area contributed by atoms with Crippen LogP contribution in [-0.4, -0.2) is 0 Å². The molecule has 1 rings (SSSR count). The van der Waals surface area contributed by atoms with Gasteiger partial charge in [0, 0.05) is 6.04 Å². The fourth-order valence-corrected chi connectivity index (χ4v) is 1.49. The molecular weight excluding hydrogens is 206 g/mol. The third kappa shape index (κ3) is 3.84. The van der Waals surface area contributed by atoms with Crippen LogP contribution in [0.25, 0.3) is 0 Å². The van der Waals surface area contributed by atoms with Crippen LogP contribution in [0.15, 0.2) is 24.3 Å². The number of benzene rings is 1. The Kier molecular flexibility index (Phi) is 5.92. The van der Waals surface area contributed by atoms with E-state index >= 15 is 0 Å². The Morgan fingerprint density at radius 3 is 1.60 bits per heavy atom. The third-order valence-corrected chi connectivity index (χ3v) is 2.71. The molecule has 0 heterocycles. The first-order chi connectivity index (χ1) is 6.52. The van der Waals surface area contributed by atoms with Gasteiger partial charge in [-0.15, -0.1) is 12.4 Å². The topological polar surface area (TPSA) is 26.0 Å². The molecule has 1 unspecified atom stereocenters. The largest absolute Gasteiger partial charge is 0.324 e. The Morgan fingerprint density at radius 2 is 1.27 bits per heavy atom. The fourth-order valence-electron chi connectivity index (χ4n) is 1.49. The highest BCUT2D eigenvalue weighted by Gasteiger charge is 2.10. The average Bonchev–Trinajstić information content (AvgIpc) is 2.16. The van der Waals surface area contributed by atoms with E-state index < -0.39 is 0 Å². The van der Waals surface area contributed by atoms with Gasteiger partial charge in [0.15, 0.2) is 0 Å². The van der Waals surface area contributed by atoms with Crippen molar-refractivity contribution in [1.82, 2.24) is 0 Å². The SMILES string of the molecule is CC(C)c1ccc(C(N)C(C)C)cc1.Cl. The minimum Gasteiger partial charge on any atom is -0.324 e. The molecule has 1 aromatic rings. The van der Waals surface area contributed by atoms with E-state index in [1.807, 2.05) is 0 Å². The van der Waals surface area contributed by atoms with Gasteiger partial charge in [-0.1, -0.05) is 52.0 Å². The normalized spacial score (nSPS) is 12.7. The van der Waals surface area contributed by atoms with Crippen molar-refractivity contribution in [3.05, 3.63) is 35.4 Å². The van der Waals surface area contributed by atoms with E-state index in [0.717, 1.165) is 0 Å². The van der Waals surface area contributed by atoms with E-state index in [1.54, 1.807) is 0 Å². The third-order valence-electron chi connectivity index (χ3n) is 2.71. The molecule has 0 saturated heterocycles. The number of hydrogen-bond donors (Lipinski definition) is 1. The summed E-state index contributed by atoms with van der Waals surface area (Å²) < 4.78 is 0. The van der Waals surface area contributed by atoms with Crippen LogP contribution in [0.3, 0.4) is 0 Å². The molecule has 0 amide bonds. The van der Waals surface area contributed by atoms with Gasteiger partial charge < -0.3 is 5.73 Å². The Labute approximate surface area is 99.5 Å². The van der Waals surface area contributed by atoms with Crippen molar-refractivity contribution in [3.8, 4) is 0 Å². The van der Waals surface area contributed by atoms with Crippen molar-refractivity contribution in [1.29, 1.82) is 0 Å². The first kappa shape index (κ1) is 14.5. The van der Waals surface area contributed by atoms with Crippen LogP contribution in [0.1, 0.15) is 50.8 Å². The molecule has 0 fully saturated rings. The molecule has 0 bridgehead atoms. The maximum Gasteiger partial charge on any atom is 0.0318 e. The number of nitrogens with two attached hydrogens (primary N) is 1. The summed E-state index contributed by atoms with van der Waals surface area (Å²) in [6.45, 7) is 8.72. The van der Waals surface area contributed by atoms with Gasteiger partial charge in [-0.25, -0.2) is 0 Å². The molecular formula is C13H22ClN. The molecule has 0 aliphatic carbocycles. The van der Waals surface area contributed by atoms with Gasteiger partial charge in [0.1, 0.15) is 0 Å². The zero-order valence-corrected chi connectivity index (χ0v) is 10.8. The lowest BCUT2D eigenvalue weighted by atomic mass is 9.94. The van der Waals surface area contributed by atoms with E-state index in [0.29, 0.717) is 11.8 Å². The second kappa shape index (κ2) is 6.14. The fraction of sp³-hybridized carbons (Fsp3) is 0.538. The van der Waals surface area contributed by atoms with Crippen molar-refractivity contribution < 1.29 is 0 Å². The molecule has 1 atom stereocenters. The van der Waals surface area contributed by atoms with Crippen molar-refractivity contribution in [2.45, 2.75) is 39.7 Å². The van der Waals surface area contributed by atoms with Crippen molar-refractivity contribution >= 4 is 12.4 Å². The molecule has 15 heavy (non-hydrogen) atoms. The van der Waals surface area contributed by atoms with Crippen LogP contribution >= 0.6 is 12.4 Å². The minimum absolute atomic E-state index is 0. The van der Waals surface area contributed by atoms with Crippen molar-refractivity contribution in [2.24, 2.45) is 11.7 Å². The number of hydrogen-bond acceptors (Lipinski definition) is 1. The summed E-state index contributed by atoms with van der Waals surface area (Å²) in [7, 11) is 0. The lowest BCUT2D eigenvalue weighted by Crippen LogP contribution is -2.16. The Balaban J connectivity index is 0.00000196. The second-order valence-electron chi connectivity index (χ2n) is 4.59. The van der Waals surface area contributed by atoms with Crippen LogP contribution in [0.5, 0.6) is 0 Å². The highest BCUT2D eigenvalue weighted by molar-refractivity contribution is 5.85. The van der Waals surface area contributed by atoms with Gasteiger partial charge in [-0.3, -0.25) is 0 Å². The van der Waals surface area contributed by atoms with Gasteiger partial charge in [0.25, 0.3) is 0 Å². The summed E-state index contributed by atoms with van der Waals surface area (Å²) in [5.41, 5.74) is 8.68. The molecule has 0 aliphatic heterocycles. The van der Waals surface area contributed by atoms with Gasteiger partial charge in [-0.2, -0.15) is 0 Å². The molecule has 86 valence electrons. The van der Waals surface area contributed by atoms with Crippen LogP contribution in [-0.2, 0) is 0 Å². The van der Waals surface area contributed by atoms with Gasteiger partial charge in [0.2, 0.25) is 0 Å². The van der Waals surface area contributed by atoms with E-state index in [2.05, 4.69) is 52.0 Å². The summed E-state index contributed by atoms with van der Waals surface area (Å²) in [6, 6.07) is 8.83. The summed E-state index contributed by atoms with van der Waals surface area (Å²) in [4.78, 5) is 0. The summed E-state index contributed by atoms with van der Waals surface area (Å²) in [6.07, 6.45) is 0. The number of rotatable bonds is 3. The number of halogens is 1. The maximum absolute atomic E-state index is 6.06. The standard InChI is InChI=1S/C13H21N.ClH/c1-9(2)11-5-7-12(8-6-11)13(14)10(3)4;/h5-10,13H,14H2,1-4H3;1H.